The lowest BCUT2D eigenvalue weighted by Crippen LogP contribution is -2.56. The van der Waals surface area contributed by atoms with Crippen molar-refractivity contribution in [1.29, 1.82) is 0 Å². The van der Waals surface area contributed by atoms with Crippen LogP contribution in [0, 0.1) is 6.92 Å². The second-order valence-electron chi connectivity index (χ2n) is 7.96. The molecule has 10 heteroatoms. The zero-order valence-corrected chi connectivity index (χ0v) is 19.0. The van der Waals surface area contributed by atoms with Crippen molar-refractivity contribution in [2.45, 2.75) is 31.1 Å². The molecule has 1 aromatic heterocycles. The van der Waals surface area contributed by atoms with Gasteiger partial charge in [0.15, 0.2) is 0 Å². The largest absolute Gasteiger partial charge is 0.460 e. The lowest BCUT2D eigenvalue weighted by atomic mass is 10.1. The molecular weight excluding hydrogens is 454 g/mol. The number of nitrogens with zero attached hydrogens (tertiary/aromatic N) is 1. The Bertz CT molecular complexity index is 1300. The Labute approximate surface area is 190 Å². The molecule has 176 valence electrons. The summed E-state index contributed by atoms with van der Waals surface area (Å²) >= 11 is 0. The maximum atomic E-state index is 13.1. The lowest BCUT2D eigenvalue weighted by molar-refractivity contribution is -0.0262. The maximum absolute atomic E-state index is 13.1. The first-order chi connectivity index (χ1) is 15.6. The minimum atomic E-state index is -3.81. The second kappa shape index (κ2) is 8.75. The summed E-state index contributed by atoms with van der Waals surface area (Å²) in [6.45, 7) is 3.08. The molecule has 0 radical (unpaired) electrons. The van der Waals surface area contributed by atoms with Crippen LogP contribution >= 0.6 is 0 Å². The van der Waals surface area contributed by atoms with Gasteiger partial charge in [-0.1, -0.05) is 12.1 Å². The van der Waals surface area contributed by atoms with Crippen LogP contribution in [0.3, 0.4) is 0 Å². The average molecular weight is 479 g/mol. The zero-order chi connectivity index (χ0) is 23.8. The first-order valence-corrected chi connectivity index (χ1v) is 12.0. The number of aryl methyl sites for hydroxylation is 1. The minimum absolute atomic E-state index is 0.0471. The summed E-state index contributed by atoms with van der Waals surface area (Å²) in [7, 11) is -3.81. The van der Waals surface area contributed by atoms with E-state index in [0.29, 0.717) is 28.6 Å². The predicted octanol–water partition coefficient (Wildman–Crippen LogP) is 3.89. The summed E-state index contributed by atoms with van der Waals surface area (Å²) in [6.07, 6.45) is 0.400. The first kappa shape index (κ1) is 23.2. The van der Waals surface area contributed by atoms with Gasteiger partial charge in [-0.3, -0.25) is 0 Å². The van der Waals surface area contributed by atoms with Gasteiger partial charge in [0.05, 0.1) is 24.6 Å². The molecule has 0 bridgehead atoms. The highest BCUT2D eigenvalue weighted by Gasteiger charge is 2.43. The van der Waals surface area contributed by atoms with E-state index in [1.165, 1.54) is 18.2 Å². The number of sulfonamides is 1. The SMILES string of the molecule is CCOC(=O)c1oc2ccc(S(=O)(=O)NCCc3cccc(N4CC(F)(F)C4)c3)cc2c1C. The van der Waals surface area contributed by atoms with Crippen LogP contribution in [0.15, 0.2) is 51.8 Å². The molecule has 1 aliphatic heterocycles. The third kappa shape index (κ3) is 4.86. The number of halogens is 2. The van der Waals surface area contributed by atoms with Gasteiger partial charge in [-0.25, -0.2) is 26.7 Å². The van der Waals surface area contributed by atoms with E-state index in [-0.39, 0.29) is 36.9 Å². The Balaban J connectivity index is 1.44. The molecule has 0 unspecified atom stereocenters. The number of alkyl halides is 2. The Morgan fingerprint density at radius 2 is 1.97 bits per heavy atom. The van der Waals surface area contributed by atoms with Gasteiger partial charge in [-0.05, 0) is 56.2 Å². The second-order valence-corrected chi connectivity index (χ2v) is 9.73. The van der Waals surface area contributed by atoms with Gasteiger partial charge >= 0.3 is 5.97 Å². The summed E-state index contributed by atoms with van der Waals surface area (Å²) in [5.74, 6) is -3.20. The quantitative estimate of drug-likeness (QED) is 0.494. The van der Waals surface area contributed by atoms with Crippen LogP contribution in [-0.4, -0.2) is 46.6 Å². The van der Waals surface area contributed by atoms with Crippen LogP contribution in [0.2, 0.25) is 0 Å². The number of carbonyl (C=O) groups excluding carboxylic acids is 1. The summed E-state index contributed by atoms with van der Waals surface area (Å²) in [5.41, 5.74) is 2.43. The van der Waals surface area contributed by atoms with Crippen molar-refractivity contribution in [1.82, 2.24) is 4.72 Å². The molecule has 0 atom stereocenters. The number of nitrogens with one attached hydrogen (secondary N) is 1. The van der Waals surface area contributed by atoms with E-state index in [1.54, 1.807) is 36.9 Å². The lowest BCUT2D eigenvalue weighted by Gasteiger charge is -2.40. The molecular formula is C23H24F2N2O5S. The van der Waals surface area contributed by atoms with Crippen LogP contribution < -0.4 is 9.62 Å². The van der Waals surface area contributed by atoms with Gasteiger partial charge in [0.25, 0.3) is 5.92 Å². The molecule has 1 N–H and O–H groups in total. The Morgan fingerprint density at radius 1 is 1.21 bits per heavy atom. The number of ether oxygens (including phenoxy) is 1. The zero-order valence-electron chi connectivity index (χ0n) is 18.2. The molecule has 1 saturated heterocycles. The fraction of sp³-hybridized carbons (Fsp3) is 0.348. The van der Waals surface area contributed by atoms with Crippen LogP contribution in [0.1, 0.15) is 28.6 Å². The topological polar surface area (TPSA) is 88.8 Å². The molecule has 4 rings (SSSR count). The van der Waals surface area contributed by atoms with Crippen LogP contribution in [0.5, 0.6) is 0 Å². The first-order valence-electron chi connectivity index (χ1n) is 10.5. The average Bonchev–Trinajstić information content (AvgIpc) is 3.08. The standard InChI is InChI=1S/C23H24F2N2O5S/c1-3-31-22(28)21-15(2)19-12-18(7-8-20(19)32-21)33(29,30)26-10-9-16-5-4-6-17(11-16)27-13-23(24,25)14-27/h4-8,11-12,26H,3,9-10,13-14H2,1-2H3. The molecule has 1 aliphatic rings. The van der Waals surface area contributed by atoms with Gasteiger partial charge in [0.2, 0.25) is 15.8 Å². The minimum Gasteiger partial charge on any atom is -0.460 e. The molecule has 0 aliphatic carbocycles. The Kier molecular flexibility index (Phi) is 6.15. The number of rotatable bonds is 8. The maximum Gasteiger partial charge on any atom is 0.374 e. The van der Waals surface area contributed by atoms with Crippen molar-refractivity contribution in [3.63, 3.8) is 0 Å². The summed E-state index contributed by atoms with van der Waals surface area (Å²) in [4.78, 5) is 13.7. The normalized spacial score (nSPS) is 15.5. The number of hydrogen-bond donors (Lipinski definition) is 1. The third-order valence-corrected chi connectivity index (χ3v) is 6.96. The molecule has 0 amide bonds. The van der Waals surface area contributed by atoms with Gasteiger partial charge in [-0.2, -0.15) is 0 Å². The molecule has 7 nitrogen and oxygen atoms in total. The monoisotopic (exact) mass is 478 g/mol. The number of benzene rings is 2. The van der Waals surface area contributed by atoms with E-state index < -0.39 is 21.9 Å². The Hall–Kier alpha value is -2.98. The van der Waals surface area contributed by atoms with E-state index in [2.05, 4.69) is 4.72 Å². The van der Waals surface area contributed by atoms with Crippen molar-refractivity contribution in [2.75, 3.05) is 31.1 Å². The van der Waals surface area contributed by atoms with Crippen molar-refractivity contribution >= 4 is 32.6 Å². The Morgan fingerprint density at radius 3 is 2.67 bits per heavy atom. The van der Waals surface area contributed by atoms with Crippen molar-refractivity contribution in [3.05, 3.63) is 59.4 Å². The van der Waals surface area contributed by atoms with Crippen molar-refractivity contribution in [2.24, 2.45) is 0 Å². The molecule has 0 saturated carbocycles. The van der Waals surface area contributed by atoms with Crippen LogP contribution in [-0.2, 0) is 21.2 Å². The fourth-order valence-electron chi connectivity index (χ4n) is 3.77. The van der Waals surface area contributed by atoms with Crippen LogP contribution in [0.25, 0.3) is 11.0 Å². The molecule has 1 fully saturated rings. The molecule has 2 aromatic carbocycles. The number of fused-ring (bicyclic) bond motifs is 1. The summed E-state index contributed by atoms with van der Waals surface area (Å²) in [5, 5.41) is 0.514. The molecule has 33 heavy (non-hydrogen) atoms. The summed E-state index contributed by atoms with van der Waals surface area (Å²) < 4.78 is 64.9. The van der Waals surface area contributed by atoms with E-state index in [1.807, 2.05) is 6.07 Å². The highest BCUT2D eigenvalue weighted by atomic mass is 32.2. The molecule has 2 heterocycles. The van der Waals surface area contributed by atoms with Crippen LogP contribution in [0.4, 0.5) is 14.5 Å². The van der Waals surface area contributed by atoms with Crippen molar-refractivity contribution in [3.8, 4) is 0 Å². The van der Waals surface area contributed by atoms with E-state index in [0.717, 1.165) is 5.56 Å². The molecule has 0 spiro atoms. The number of hydrogen-bond acceptors (Lipinski definition) is 6. The van der Waals surface area contributed by atoms with Gasteiger partial charge < -0.3 is 14.1 Å². The number of anilines is 1. The fourth-order valence-corrected chi connectivity index (χ4v) is 4.83. The van der Waals surface area contributed by atoms with Gasteiger partial charge in [0, 0.05) is 23.2 Å². The van der Waals surface area contributed by atoms with Gasteiger partial charge in [0.1, 0.15) is 5.58 Å². The van der Waals surface area contributed by atoms with E-state index >= 15 is 0 Å². The molecule has 3 aromatic rings. The highest BCUT2D eigenvalue weighted by molar-refractivity contribution is 7.89. The smallest absolute Gasteiger partial charge is 0.374 e. The van der Waals surface area contributed by atoms with Crippen molar-refractivity contribution < 1.29 is 31.1 Å². The van der Waals surface area contributed by atoms with E-state index in [9.17, 15) is 22.0 Å². The number of carbonyl (C=O) groups is 1. The number of furan rings is 1. The van der Waals surface area contributed by atoms with E-state index in [4.69, 9.17) is 9.15 Å². The predicted molar refractivity (Wildman–Crippen MR) is 119 cm³/mol. The van der Waals surface area contributed by atoms with Gasteiger partial charge in [-0.15, -0.1) is 0 Å². The summed E-state index contributed by atoms with van der Waals surface area (Å²) in [6, 6.07) is 11.5. The number of esters is 1. The third-order valence-electron chi connectivity index (χ3n) is 5.50. The highest BCUT2D eigenvalue weighted by Crippen LogP contribution is 2.32.